The van der Waals surface area contributed by atoms with Crippen LogP contribution in [-0.4, -0.2) is 83.5 Å². The summed E-state index contributed by atoms with van der Waals surface area (Å²) in [5, 5.41) is 2.66. The first-order valence-electron chi connectivity index (χ1n) is 10.2. The lowest BCUT2D eigenvalue weighted by Crippen LogP contribution is -2.33. The van der Waals surface area contributed by atoms with Crippen LogP contribution >= 0.6 is 0 Å². The molecule has 0 aliphatic heterocycles. The molecule has 176 valence electrons. The number of unbranched alkanes of at least 4 members (excludes halogenated alkanes) is 2. The van der Waals surface area contributed by atoms with Gasteiger partial charge in [-0.1, -0.05) is 0 Å². The molecule has 10 nitrogen and oxygen atoms in total. The third kappa shape index (κ3) is 20.8. The van der Waals surface area contributed by atoms with Gasteiger partial charge in [-0.15, -0.1) is 0 Å². The van der Waals surface area contributed by atoms with E-state index in [1.807, 2.05) is 0 Å². The summed E-state index contributed by atoms with van der Waals surface area (Å²) in [7, 11) is 1.60. The highest BCUT2D eigenvalue weighted by atomic mass is 16.6. The van der Waals surface area contributed by atoms with Crippen LogP contribution in [0.25, 0.3) is 0 Å². The molecule has 0 aliphatic rings. The minimum atomic E-state index is -0.651. The predicted molar refractivity (Wildman–Crippen MR) is 108 cm³/mol. The molecular weight excluding hydrogens is 398 g/mol. The maximum absolute atomic E-state index is 11.6. The fourth-order valence-corrected chi connectivity index (χ4v) is 1.99. The van der Waals surface area contributed by atoms with E-state index in [1.165, 1.54) is 0 Å². The molecule has 0 rings (SSSR count). The molecule has 0 unspecified atom stereocenters. The van der Waals surface area contributed by atoms with E-state index in [0.29, 0.717) is 39.4 Å². The summed E-state index contributed by atoms with van der Waals surface area (Å²) in [6.45, 7) is 8.23. The van der Waals surface area contributed by atoms with E-state index in [-0.39, 0.29) is 19.8 Å². The lowest BCUT2D eigenvalue weighted by Gasteiger charge is -2.19. The van der Waals surface area contributed by atoms with E-state index < -0.39 is 30.1 Å². The summed E-state index contributed by atoms with van der Waals surface area (Å²) < 4.78 is 30.3. The molecule has 0 aliphatic carbocycles. The third-order valence-corrected chi connectivity index (χ3v) is 3.34. The largest absolute Gasteiger partial charge is 0.465 e. The number of nitrogens with one attached hydrogen (secondary N) is 1. The molecule has 0 saturated carbocycles. The van der Waals surface area contributed by atoms with Crippen LogP contribution in [0.5, 0.6) is 0 Å². The monoisotopic (exact) mass is 435 g/mol. The highest BCUT2D eigenvalue weighted by Crippen LogP contribution is 2.06. The fraction of sp³-hybridized carbons (Fsp3) is 0.850. The minimum Gasteiger partial charge on any atom is -0.465 e. The molecule has 1 N–H and O–H groups in total. The molecule has 10 heteroatoms. The van der Waals surface area contributed by atoms with Crippen LogP contribution in [0.3, 0.4) is 0 Å². The Balaban J connectivity index is 3.47. The maximum Gasteiger partial charge on any atom is 0.407 e. The van der Waals surface area contributed by atoms with Crippen LogP contribution in [-0.2, 0) is 38.0 Å². The van der Waals surface area contributed by atoms with E-state index in [0.717, 1.165) is 12.8 Å². The molecule has 0 spiro atoms. The second-order valence-electron chi connectivity index (χ2n) is 7.32. The number of carbonyl (C=O) groups excluding carboxylic acids is 3. The minimum absolute atomic E-state index is 0.0643. The van der Waals surface area contributed by atoms with Gasteiger partial charge in [-0.05, 0) is 40.0 Å². The van der Waals surface area contributed by atoms with Gasteiger partial charge < -0.3 is 33.7 Å². The van der Waals surface area contributed by atoms with Gasteiger partial charge in [0.15, 0.2) is 0 Å². The summed E-state index contributed by atoms with van der Waals surface area (Å²) >= 11 is 0. The molecule has 30 heavy (non-hydrogen) atoms. The molecule has 0 radical (unpaired) electrons. The number of hydrogen-bond donors (Lipinski definition) is 1. The average Bonchev–Trinajstić information content (AvgIpc) is 2.64. The Morgan fingerprint density at radius 2 is 1.30 bits per heavy atom. The molecule has 0 aromatic heterocycles. The molecule has 0 heterocycles. The molecule has 0 atom stereocenters. The van der Waals surface area contributed by atoms with Crippen molar-refractivity contribution < 1.29 is 42.8 Å². The van der Waals surface area contributed by atoms with Crippen LogP contribution in [0.15, 0.2) is 0 Å². The van der Waals surface area contributed by atoms with Crippen LogP contribution in [0.2, 0.25) is 0 Å². The van der Waals surface area contributed by atoms with Crippen LogP contribution in [0.4, 0.5) is 4.79 Å². The van der Waals surface area contributed by atoms with Crippen molar-refractivity contribution in [1.29, 1.82) is 0 Å². The van der Waals surface area contributed by atoms with Gasteiger partial charge in [0, 0.05) is 13.7 Å². The van der Waals surface area contributed by atoms with Gasteiger partial charge in [-0.25, -0.2) is 4.79 Å². The van der Waals surface area contributed by atoms with Crippen LogP contribution < -0.4 is 5.32 Å². The van der Waals surface area contributed by atoms with Gasteiger partial charge in [0.1, 0.15) is 18.6 Å². The normalized spacial score (nSPS) is 11.1. The standard InChI is InChI=1S/C20H37NO9/c1-20(2,3)30-19(24)21-8-6-5-7-9-28-17(22)16-18(23)29-15-14-27-13-12-26-11-10-25-4/h5-16H2,1-4H3,(H,21,24). The van der Waals surface area contributed by atoms with Gasteiger partial charge >= 0.3 is 18.0 Å². The van der Waals surface area contributed by atoms with Crippen LogP contribution in [0, 0.1) is 0 Å². The summed E-state index contributed by atoms with van der Waals surface area (Å²) in [6.07, 6.45) is 1.25. The lowest BCUT2D eigenvalue weighted by atomic mass is 10.2. The molecule has 0 fully saturated rings. The molecule has 0 bridgehead atoms. The smallest absolute Gasteiger partial charge is 0.407 e. The molecule has 1 amide bonds. The molecule has 0 saturated heterocycles. The maximum atomic E-state index is 11.6. The Bertz CT molecular complexity index is 477. The second kappa shape index (κ2) is 17.9. The van der Waals surface area contributed by atoms with Crippen molar-refractivity contribution in [3.05, 3.63) is 0 Å². The van der Waals surface area contributed by atoms with E-state index in [2.05, 4.69) is 5.32 Å². The Labute approximate surface area is 178 Å². The van der Waals surface area contributed by atoms with Crippen molar-refractivity contribution in [1.82, 2.24) is 5.32 Å². The zero-order valence-electron chi connectivity index (χ0n) is 18.7. The summed E-state index contributed by atoms with van der Waals surface area (Å²) in [5.74, 6) is -1.28. The Morgan fingerprint density at radius 1 is 0.733 bits per heavy atom. The number of carbonyl (C=O) groups is 3. The predicted octanol–water partition coefficient (Wildman–Crippen LogP) is 1.84. The van der Waals surface area contributed by atoms with E-state index in [1.54, 1.807) is 27.9 Å². The number of ether oxygens (including phenoxy) is 6. The van der Waals surface area contributed by atoms with Gasteiger partial charge in [-0.2, -0.15) is 0 Å². The van der Waals surface area contributed by atoms with Crippen LogP contribution in [0.1, 0.15) is 46.5 Å². The van der Waals surface area contributed by atoms with Crippen molar-refractivity contribution in [2.24, 2.45) is 0 Å². The Kier molecular flexibility index (Phi) is 16.8. The lowest BCUT2D eigenvalue weighted by molar-refractivity contribution is -0.155. The highest BCUT2D eigenvalue weighted by molar-refractivity contribution is 5.91. The van der Waals surface area contributed by atoms with Gasteiger partial charge in [0.05, 0.1) is 39.6 Å². The third-order valence-electron chi connectivity index (χ3n) is 3.34. The fourth-order valence-electron chi connectivity index (χ4n) is 1.99. The number of methoxy groups -OCH3 is 1. The number of esters is 2. The Morgan fingerprint density at radius 3 is 1.90 bits per heavy atom. The average molecular weight is 436 g/mol. The zero-order valence-corrected chi connectivity index (χ0v) is 18.7. The SMILES string of the molecule is COCCOCCOCCOC(=O)CC(=O)OCCCCCNC(=O)OC(C)(C)C. The summed E-state index contributed by atoms with van der Waals surface area (Å²) in [6, 6.07) is 0. The van der Waals surface area contributed by atoms with Gasteiger partial charge in [0.2, 0.25) is 0 Å². The van der Waals surface area contributed by atoms with Crippen molar-refractivity contribution >= 4 is 18.0 Å². The molecule has 0 aromatic rings. The first-order valence-corrected chi connectivity index (χ1v) is 10.2. The zero-order chi connectivity index (χ0) is 22.7. The number of rotatable bonds is 17. The highest BCUT2D eigenvalue weighted by Gasteiger charge is 2.15. The number of alkyl carbamates (subject to hydrolysis) is 1. The van der Waals surface area contributed by atoms with E-state index in [9.17, 15) is 14.4 Å². The topological polar surface area (TPSA) is 119 Å². The quantitative estimate of drug-likeness (QED) is 0.158. The molecular formula is C20H37NO9. The summed E-state index contributed by atoms with van der Waals surface area (Å²) in [5.41, 5.74) is -0.522. The number of hydrogen-bond acceptors (Lipinski definition) is 9. The van der Waals surface area contributed by atoms with Crippen molar-refractivity contribution in [3.8, 4) is 0 Å². The van der Waals surface area contributed by atoms with Crippen molar-refractivity contribution in [2.45, 2.75) is 52.1 Å². The first kappa shape index (κ1) is 28.1. The second-order valence-corrected chi connectivity index (χ2v) is 7.32. The Hall–Kier alpha value is -1.91. The number of amides is 1. The van der Waals surface area contributed by atoms with Crippen molar-refractivity contribution in [3.63, 3.8) is 0 Å². The van der Waals surface area contributed by atoms with Crippen molar-refractivity contribution in [2.75, 3.05) is 59.9 Å². The first-order chi connectivity index (χ1) is 14.2. The summed E-state index contributed by atoms with van der Waals surface area (Å²) in [4.78, 5) is 34.5. The van der Waals surface area contributed by atoms with Gasteiger partial charge in [0.25, 0.3) is 0 Å². The van der Waals surface area contributed by atoms with E-state index in [4.69, 9.17) is 28.4 Å². The van der Waals surface area contributed by atoms with E-state index >= 15 is 0 Å². The van der Waals surface area contributed by atoms with Gasteiger partial charge in [-0.3, -0.25) is 9.59 Å². The molecule has 0 aromatic carbocycles.